The minimum absolute atomic E-state index is 0.267. The van der Waals surface area contributed by atoms with Crippen molar-refractivity contribution < 1.29 is 8.78 Å². The Bertz CT molecular complexity index is 1000. The third-order valence-corrected chi connectivity index (χ3v) is 4.90. The molecule has 0 aliphatic rings. The molecule has 0 aliphatic heterocycles. The Morgan fingerprint density at radius 3 is 2.64 bits per heavy atom. The van der Waals surface area contributed by atoms with Crippen LogP contribution >= 0.6 is 23.1 Å². The fourth-order valence-electron chi connectivity index (χ4n) is 2.02. The molecule has 0 spiro atoms. The summed E-state index contributed by atoms with van der Waals surface area (Å²) in [5, 5.41) is 23.7. The molecule has 7 nitrogen and oxygen atoms in total. The molecule has 3 aromatic heterocycles. The maximum Gasteiger partial charge on any atom is 0.299 e. The van der Waals surface area contributed by atoms with E-state index in [0.717, 1.165) is 10.2 Å². The topological polar surface area (TPSA) is 80.9 Å². The lowest BCUT2D eigenvalue weighted by Crippen LogP contribution is -2.00. The summed E-state index contributed by atoms with van der Waals surface area (Å²) in [7, 11) is 0. The van der Waals surface area contributed by atoms with Crippen LogP contribution in [0.25, 0.3) is 5.65 Å². The third-order valence-electron chi connectivity index (χ3n) is 3.08. The Morgan fingerprint density at radius 1 is 1.00 bits per heavy atom. The van der Waals surface area contributed by atoms with Crippen LogP contribution in [0.5, 0.6) is 0 Å². The number of nitrogens with one attached hydrogen (secondary N) is 1. The van der Waals surface area contributed by atoms with E-state index in [1.807, 2.05) is 30.3 Å². The van der Waals surface area contributed by atoms with Crippen LogP contribution in [-0.2, 0) is 0 Å². The summed E-state index contributed by atoms with van der Waals surface area (Å²) in [5.74, 6) is -0.485. The van der Waals surface area contributed by atoms with Gasteiger partial charge in [0.15, 0.2) is 9.99 Å². The van der Waals surface area contributed by atoms with Crippen molar-refractivity contribution in [3.8, 4) is 0 Å². The summed E-state index contributed by atoms with van der Waals surface area (Å²) < 4.78 is 27.5. The van der Waals surface area contributed by atoms with Gasteiger partial charge in [0.25, 0.3) is 6.43 Å². The van der Waals surface area contributed by atoms with Gasteiger partial charge in [-0.3, -0.25) is 0 Å². The predicted molar refractivity (Wildman–Crippen MR) is 89.5 cm³/mol. The molecule has 0 radical (unpaired) electrons. The number of fused-ring (bicyclic) bond motifs is 1. The maximum absolute atomic E-state index is 12.9. The highest BCUT2D eigenvalue weighted by Gasteiger charge is 2.17. The van der Waals surface area contributed by atoms with Gasteiger partial charge in [0.2, 0.25) is 11.0 Å². The van der Waals surface area contributed by atoms with Gasteiger partial charge < -0.3 is 5.32 Å². The number of hydrogen-bond acceptors (Lipinski definition) is 8. The maximum atomic E-state index is 12.9. The van der Waals surface area contributed by atoms with E-state index < -0.39 is 12.2 Å². The van der Waals surface area contributed by atoms with E-state index >= 15 is 0 Å². The van der Waals surface area contributed by atoms with Gasteiger partial charge in [0.05, 0.1) is 0 Å². The van der Waals surface area contributed by atoms with Crippen molar-refractivity contribution in [2.24, 2.45) is 0 Å². The van der Waals surface area contributed by atoms with Crippen LogP contribution in [0, 0.1) is 0 Å². The molecule has 0 fully saturated rings. The first-order valence-corrected chi connectivity index (χ1v) is 8.66. The second-order valence-corrected chi connectivity index (χ2v) is 7.01. The Labute approximate surface area is 148 Å². The zero-order valence-corrected chi connectivity index (χ0v) is 14.0. The van der Waals surface area contributed by atoms with Gasteiger partial charge in [-0.05, 0) is 36.0 Å². The number of alkyl halides is 2. The van der Waals surface area contributed by atoms with Gasteiger partial charge in [-0.15, -0.1) is 20.4 Å². The number of rotatable bonds is 5. The number of hydrogen-bond donors (Lipinski definition) is 1. The second kappa shape index (κ2) is 6.69. The smallest absolute Gasteiger partial charge is 0.299 e. The van der Waals surface area contributed by atoms with Crippen LogP contribution in [0.1, 0.15) is 12.2 Å². The van der Waals surface area contributed by atoms with Crippen molar-refractivity contribution in [1.82, 2.24) is 30.0 Å². The van der Waals surface area contributed by atoms with E-state index in [-0.39, 0.29) is 5.65 Å². The molecule has 4 rings (SSSR count). The number of benzene rings is 1. The summed E-state index contributed by atoms with van der Waals surface area (Å²) in [6.07, 6.45) is -2.74. The van der Waals surface area contributed by atoms with Crippen LogP contribution in [0.15, 0.2) is 51.8 Å². The van der Waals surface area contributed by atoms with E-state index in [4.69, 9.17) is 0 Å². The molecule has 0 atom stereocenters. The van der Waals surface area contributed by atoms with Crippen molar-refractivity contribution >= 4 is 39.6 Å². The Balaban J connectivity index is 1.54. The largest absolute Gasteiger partial charge is 0.330 e. The van der Waals surface area contributed by atoms with Crippen LogP contribution in [-0.4, -0.2) is 30.0 Å². The monoisotopic (exact) mass is 377 g/mol. The average molecular weight is 377 g/mol. The molecule has 0 saturated carbocycles. The first kappa shape index (κ1) is 15.8. The lowest BCUT2D eigenvalue weighted by molar-refractivity contribution is 0.137. The molecule has 0 unspecified atom stereocenters. The average Bonchev–Trinajstić information content (AvgIpc) is 3.22. The first-order chi connectivity index (χ1) is 12.2. The molecule has 25 heavy (non-hydrogen) atoms. The highest BCUT2D eigenvalue weighted by Crippen LogP contribution is 2.32. The first-order valence-electron chi connectivity index (χ1n) is 7.03. The van der Waals surface area contributed by atoms with Crippen LogP contribution < -0.4 is 5.32 Å². The molecule has 0 saturated heterocycles. The molecule has 4 aromatic rings. The molecule has 126 valence electrons. The molecule has 0 bridgehead atoms. The van der Waals surface area contributed by atoms with E-state index in [1.54, 1.807) is 12.1 Å². The molecule has 0 aliphatic carbocycles. The van der Waals surface area contributed by atoms with Crippen molar-refractivity contribution in [2.45, 2.75) is 15.8 Å². The zero-order chi connectivity index (χ0) is 17.2. The van der Waals surface area contributed by atoms with Crippen molar-refractivity contribution in [2.75, 3.05) is 5.32 Å². The highest BCUT2D eigenvalue weighted by molar-refractivity contribution is 8.01. The number of anilines is 2. The molecular weight excluding hydrogens is 368 g/mol. The summed E-state index contributed by atoms with van der Waals surface area (Å²) in [4.78, 5) is 0. The summed E-state index contributed by atoms with van der Waals surface area (Å²) >= 11 is 2.57. The van der Waals surface area contributed by atoms with Gasteiger partial charge in [-0.1, -0.05) is 29.5 Å². The predicted octanol–water partition coefficient (Wildman–Crippen LogP) is 3.81. The van der Waals surface area contributed by atoms with E-state index in [9.17, 15) is 8.78 Å². The van der Waals surface area contributed by atoms with E-state index in [2.05, 4.69) is 30.8 Å². The van der Waals surface area contributed by atoms with Crippen LogP contribution in [0.4, 0.5) is 19.6 Å². The van der Waals surface area contributed by atoms with Crippen LogP contribution in [0.2, 0.25) is 0 Å². The summed E-state index contributed by atoms with van der Waals surface area (Å²) in [6.45, 7) is 0. The third kappa shape index (κ3) is 3.42. The SMILES string of the molecule is FC(F)c1nnc2ccc(Sc3nnc(Nc4ccccc4)s3)nn12. The van der Waals surface area contributed by atoms with Crippen molar-refractivity contribution in [1.29, 1.82) is 0 Å². The molecular formula is C14H9F2N7S2. The quantitative estimate of drug-likeness (QED) is 0.566. The minimum atomic E-state index is -2.74. The molecule has 1 N–H and O–H groups in total. The number of nitrogens with zero attached hydrogens (tertiary/aromatic N) is 6. The number of aromatic nitrogens is 6. The van der Waals surface area contributed by atoms with Crippen molar-refractivity contribution in [3.63, 3.8) is 0 Å². The minimum Gasteiger partial charge on any atom is -0.330 e. The molecule has 0 amide bonds. The lowest BCUT2D eigenvalue weighted by Gasteiger charge is -2.00. The molecule has 3 heterocycles. The van der Waals surface area contributed by atoms with Gasteiger partial charge in [-0.2, -0.15) is 9.61 Å². The summed E-state index contributed by atoms with van der Waals surface area (Å²) in [5.41, 5.74) is 1.17. The van der Waals surface area contributed by atoms with E-state index in [0.29, 0.717) is 14.5 Å². The van der Waals surface area contributed by atoms with Gasteiger partial charge >= 0.3 is 0 Å². The normalized spacial score (nSPS) is 11.3. The van der Waals surface area contributed by atoms with Gasteiger partial charge in [0.1, 0.15) is 5.03 Å². The Morgan fingerprint density at radius 2 is 1.84 bits per heavy atom. The zero-order valence-electron chi connectivity index (χ0n) is 12.4. The lowest BCUT2D eigenvalue weighted by atomic mass is 10.3. The number of para-hydroxylation sites is 1. The standard InChI is InChI=1S/C14H9F2N7S2/c15-11(16)12-19-18-9-6-7-10(22-23(9)12)24-14-21-20-13(25-14)17-8-4-2-1-3-5-8/h1-7,11H,(H,17,20). The highest BCUT2D eigenvalue weighted by atomic mass is 32.2. The Kier molecular flexibility index (Phi) is 4.24. The summed E-state index contributed by atoms with van der Waals surface area (Å²) in [6, 6.07) is 12.8. The molecule has 11 heteroatoms. The fraction of sp³-hybridized carbons (Fsp3) is 0.0714. The van der Waals surface area contributed by atoms with Gasteiger partial charge in [0, 0.05) is 5.69 Å². The fourth-order valence-corrected chi connectivity index (χ4v) is 3.69. The van der Waals surface area contributed by atoms with Crippen LogP contribution in [0.3, 0.4) is 0 Å². The second-order valence-electron chi connectivity index (χ2n) is 4.77. The van der Waals surface area contributed by atoms with E-state index in [1.165, 1.54) is 23.1 Å². The molecule has 1 aromatic carbocycles. The van der Waals surface area contributed by atoms with Gasteiger partial charge in [-0.25, -0.2) is 8.78 Å². The number of halogens is 2. The van der Waals surface area contributed by atoms with Crippen molar-refractivity contribution in [3.05, 3.63) is 48.3 Å². The Hall–Kier alpha value is -2.66.